The van der Waals surface area contributed by atoms with Gasteiger partial charge in [-0.25, -0.2) is 4.79 Å². The zero-order valence-electron chi connectivity index (χ0n) is 14.1. The van der Waals surface area contributed by atoms with Crippen LogP contribution in [0.15, 0.2) is 48.5 Å². The van der Waals surface area contributed by atoms with Crippen LogP contribution in [0, 0.1) is 0 Å². The molecule has 0 aliphatic carbocycles. The molecule has 132 valence electrons. The van der Waals surface area contributed by atoms with Crippen LogP contribution in [0.25, 0.3) is 22.2 Å². The Morgan fingerprint density at radius 2 is 1.96 bits per heavy atom. The van der Waals surface area contributed by atoms with Crippen molar-refractivity contribution >= 4 is 29.3 Å². The molecule has 0 saturated heterocycles. The second-order valence-electron chi connectivity index (χ2n) is 5.53. The minimum absolute atomic E-state index is 0. The summed E-state index contributed by atoms with van der Waals surface area (Å²) in [5, 5.41) is 5.70. The van der Waals surface area contributed by atoms with Gasteiger partial charge < -0.3 is 10.5 Å². The van der Waals surface area contributed by atoms with E-state index in [1.165, 1.54) is 0 Å². The minimum atomic E-state index is -0.312. The number of carbonyl (C=O) groups excluding carboxylic acids is 1. The van der Waals surface area contributed by atoms with Crippen molar-refractivity contribution in [3.8, 4) is 11.3 Å². The van der Waals surface area contributed by atoms with Crippen molar-refractivity contribution in [1.82, 2.24) is 9.78 Å². The minimum Gasteiger partial charge on any atom is -0.462 e. The number of hydrogen-bond acceptors (Lipinski definition) is 4. The van der Waals surface area contributed by atoms with E-state index in [1.807, 2.05) is 47.1 Å². The first-order valence-electron chi connectivity index (χ1n) is 8.17. The maximum absolute atomic E-state index is 12.0. The molecular formula is C19H22ClN3O2. The van der Waals surface area contributed by atoms with Crippen LogP contribution in [0.1, 0.15) is 23.7 Å². The summed E-state index contributed by atoms with van der Waals surface area (Å²) >= 11 is 0. The molecule has 0 amide bonds. The summed E-state index contributed by atoms with van der Waals surface area (Å²) in [7, 11) is 0. The van der Waals surface area contributed by atoms with Gasteiger partial charge in [-0.2, -0.15) is 5.10 Å². The summed E-state index contributed by atoms with van der Waals surface area (Å²) in [6, 6.07) is 15.6. The zero-order chi connectivity index (χ0) is 16.9. The lowest BCUT2D eigenvalue weighted by atomic mass is 10.1. The number of rotatable bonds is 6. The molecule has 25 heavy (non-hydrogen) atoms. The average molecular weight is 360 g/mol. The highest BCUT2D eigenvalue weighted by Gasteiger charge is 2.15. The molecule has 0 unspecified atom stereocenters. The second-order valence-corrected chi connectivity index (χ2v) is 5.53. The summed E-state index contributed by atoms with van der Waals surface area (Å²) < 4.78 is 7.07. The van der Waals surface area contributed by atoms with E-state index in [0.29, 0.717) is 18.7 Å². The Labute approximate surface area is 153 Å². The van der Waals surface area contributed by atoms with Gasteiger partial charge in [-0.1, -0.05) is 30.3 Å². The Morgan fingerprint density at radius 3 is 2.64 bits per heavy atom. The summed E-state index contributed by atoms with van der Waals surface area (Å²) in [5.74, 6) is -0.312. The van der Waals surface area contributed by atoms with E-state index in [1.54, 1.807) is 13.0 Å². The molecule has 1 aromatic heterocycles. The van der Waals surface area contributed by atoms with Crippen molar-refractivity contribution in [3.63, 3.8) is 0 Å². The van der Waals surface area contributed by atoms with Crippen LogP contribution in [-0.2, 0) is 11.3 Å². The molecular weight excluding hydrogens is 338 g/mol. The fourth-order valence-corrected chi connectivity index (χ4v) is 2.74. The van der Waals surface area contributed by atoms with Crippen LogP contribution >= 0.6 is 12.4 Å². The van der Waals surface area contributed by atoms with E-state index in [9.17, 15) is 4.79 Å². The van der Waals surface area contributed by atoms with Crippen molar-refractivity contribution in [3.05, 3.63) is 54.1 Å². The lowest BCUT2D eigenvalue weighted by Gasteiger charge is -2.04. The molecule has 3 rings (SSSR count). The molecule has 0 bridgehead atoms. The van der Waals surface area contributed by atoms with Crippen molar-refractivity contribution in [2.45, 2.75) is 19.9 Å². The van der Waals surface area contributed by atoms with Crippen molar-refractivity contribution in [2.75, 3.05) is 13.2 Å². The third-order valence-electron chi connectivity index (χ3n) is 3.88. The van der Waals surface area contributed by atoms with E-state index in [2.05, 4.69) is 0 Å². The lowest BCUT2D eigenvalue weighted by Crippen LogP contribution is -2.07. The molecule has 0 aliphatic rings. The first kappa shape index (κ1) is 19.0. The van der Waals surface area contributed by atoms with E-state index in [0.717, 1.165) is 35.1 Å². The van der Waals surface area contributed by atoms with Gasteiger partial charge in [0.25, 0.3) is 0 Å². The maximum atomic E-state index is 12.0. The fourth-order valence-electron chi connectivity index (χ4n) is 2.74. The Bertz CT molecular complexity index is 847. The molecule has 0 saturated carbocycles. The number of aromatic nitrogens is 2. The summed E-state index contributed by atoms with van der Waals surface area (Å²) in [5.41, 5.74) is 9.06. The van der Waals surface area contributed by atoms with Gasteiger partial charge in [-0.05, 0) is 38.1 Å². The van der Waals surface area contributed by atoms with E-state index in [-0.39, 0.29) is 18.4 Å². The van der Waals surface area contributed by atoms with Crippen LogP contribution in [0.5, 0.6) is 0 Å². The Morgan fingerprint density at radius 1 is 1.20 bits per heavy atom. The monoisotopic (exact) mass is 359 g/mol. The molecule has 1 heterocycles. The molecule has 6 heteroatoms. The summed E-state index contributed by atoms with van der Waals surface area (Å²) in [4.78, 5) is 12.0. The highest BCUT2D eigenvalue weighted by molar-refractivity contribution is 5.99. The number of carbonyl (C=O) groups is 1. The predicted octanol–water partition coefficient (Wildman–Crippen LogP) is 3.65. The van der Waals surface area contributed by atoms with Gasteiger partial charge in [0.15, 0.2) is 0 Å². The SMILES string of the molecule is CCOC(=O)c1ccc2c(c1)c(-c1ccccc1)nn2CCCN.Cl. The van der Waals surface area contributed by atoms with Gasteiger partial charge >= 0.3 is 5.97 Å². The quantitative estimate of drug-likeness (QED) is 0.682. The molecule has 3 aromatic rings. The van der Waals surface area contributed by atoms with Gasteiger partial charge in [0.05, 0.1) is 17.7 Å². The number of esters is 1. The van der Waals surface area contributed by atoms with E-state index < -0.39 is 0 Å². The number of nitrogens with zero attached hydrogens (tertiary/aromatic N) is 2. The number of hydrogen-bond donors (Lipinski definition) is 1. The van der Waals surface area contributed by atoms with Crippen LogP contribution < -0.4 is 5.73 Å². The fraction of sp³-hybridized carbons (Fsp3) is 0.263. The summed E-state index contributed by atoms with van der Waals surface area (Å²) in [6.07, 6.45) is 0.852. The molecule has 5 nitrogen and oxygen atoms in total. The first-order valence-corrected chi connectivity index (χ1v) is 8.17. The molecule has 2 N–H and O–H groups in total. The zero-order valence-corrected chi connectivity index (χ0v) is 15.0. The van der Waals surface area contributed by atoms with Crippen LogP contribution in [-0.4, -0.2) is 28.9 Å². The van der Waals surface area contributed by atoms with E-state index in [4.69, 9.17) is 15.6 Å². The highest BCUT2D eigenvalue weighted by Crippen LogP contribution is 2.29. The smallest absolute Gasteiger partial charge is 0.338 e. The third kappa shape index (κ3) is 4.00. The molecule has 0 radical (unpaired) electrons. The van der Waals surface area contributed by atoms with Crippen LogP contribution in [0.4, 0.5) is 0 Å². The molecule has 0 fully saturated rings. The van der Waals surface area contributed by atoms with Gasteiger partial charge in [-0.3, -0.25) is 4.68 Å². The maximum Gasteiger partial charge on any atom is 0.338 e. The molecule has 2 aromatic carbocycles. The van der Waals surface area contributed by atoms with Gasteiger partial charge in [-0.15, -0.1) is 12.4 Å². The number of fused-ring (bicyclic) bond motifs is 1. The Hall–Kier alpha value is -2.37. The van der Waals surface area contributed by atoms with Gasteiger partial charge in [0, 0.05) is 17.5 Å². The number of halogens is 1. The number of aryl methyl sites for hydroxylation is 1. The van der Waals surface area contributed by atoms with Gasteiger partial charge in [0.1, 0.15) is 5.69 Å². The molecule has 0 aliphatic heterocycles. The number of ether oxygens (including phenoxy) is 1. The third-order valence-corrected chi connectivity index (χ3v) is 3.88. The van der Waals surface area contributed by atoms with Crippen molar-refractivity contribution < 1.29 is 9.53 Å². The predicted molar refractivity (Wildman–Crippen MR) is 102 cm³/mol. The van der Waals surface area contributed by atoms with Crippen LogP contribution in [0.2, 0.25) is 0 Å². The number of benzene rings is 2. The standard InChI is InChI=1S/C19H21N3O2.ClH/c1-2-24-19(23)15-9-10-17-16(13-15)18(14-7-4-3-5-8-14)21-22(17)12-6-11-20;/h3-5,7-10,13H,2,6,11-12,20H2,1H3;1H. The first-order chi connectivity index (χ1) is 11.7. The molecule has 0 spiro atoms. The second kappa shape index (κ2) is 8.65. The van der Waals surface area contributed by atoms with Crippen LogP contribution in [0.3, 0.4) is 0 Å². The van der Waals surface area contributed by atoms with E-state index >= 15 is 0 Å². The Balaban J connectivity index is 0.00000225. The van der Waals surface area contributed by atoms with Crippen molar-refractivity contribution in [2.24, 2.45) is 5.73 Å². The average Bonchev–Trinajstić information content (AvgIpc) is 2.99. The highest BCUT2D eigenvalue weighted by atomic mass is 35.5. The summed E-state index contributed by atoms with van der Waals surface area (Å²) in [6.45, 7) is 3.52. The largest absolute Gasteiger partial charge is 0.462 e. The van der Waals surface area contributed by atoms with Gasteiger partial charge in [0.2, 0.25) is 0 Å². The lowest BCUT2D eigenvalue weighted by molar-refractivity contribution is 0.0526. The Kier molecular flexibility index (Phi) is 6.56. The topological polar surface area (TPSA) is 70.1 Å². The molecule has 0 atom stereocenters. The normalized spacial score (nSPS) is 10.5. The number of nitrogens with two attached hydrogens (primary N) is 1. The van der Waals surface area contributed by atoms with Crippen molar-refractivity contribution in [1.29, 1.82) is 0 Å².